The van der Waals surface area contributed by atoms with E-state index in [1.54, 1.807) is 12.1 Å². The lowest BCUT2D eigenvalue weighted by Gasteiger charge is -2.10. The third-order valence-corrected chi connectivity index (χ3v) is 4.39. The van der Waals surface area contributed by atoms with Gasteiger partial charge < -0.3 is 4.74 Å². The fraction of sp³-hybridized carbons (Fsp3) is 0.143. The van der Waals surface area contributed by atoms with Gasteiger partial charge in [-0.1, -0.05) is 55.6 Å². The molecule has 0 atom stereocenters. The zero-order chi connectivity index (χ0) is 13.8. The van der Waals surface area contributed by atoms with E-state index in [4.69, 9.17) is 16.3 Å². The van der Waals surface area contributed by atoms with Crippen LogP contribution in [0.4, 0.5) is 4.39 Å². The minimum absolute atomic E-state index is 0.111. The first-order chi connectivity index (χ1) is 9.11. The summed E-state index contributed by atoms with van der Waals surface area (Å²) in [5.74, 6) is 0.290. The molecule has 0 aliphatic heterocycles. The molecule has 19 heavy (non-hydrogen) atoms. The highest BCUT2D eigenvalue weighted by Crippen LogP contribution is 2.26. The Morgan fingerprint density at radius 1 is 1.16 bits per heavy atom. The molecule has 100 valence electrons. The van der Waals surface area contributed by atoms with Gasteiger partial charge >= 0.3 is 0 Å². The van der Waals surface area contributed by atoms with Crippen molar-refractivity contribution in [3.8, 4) is 5.75 Å². The normalized spacial score (nSPS) is 10.5. The summed E-state index contributed by atoms with van der Waals surface area (Å²) in [5.41, 5.74) is 1.72. The van der Waals surface area contributed by atoms with Gasteiger partial charge in [-0.05, 0) is 29.8 Å². The second-order valence-electron chi connectivity index (χ2n) is 3.89. The Labute approximate surface area is 133 Å². The SMILES string of the molecule is Fc1cccc(COc2ccc(Br)c(CBr)c2)c1Cl. The van der Waals surface area contributed by atoms with Crippen molar-refractivity contribution in [1.82, 2.24) is 0 Å². The molecule has 1 nitrogen and oxygen atoms in total. The highest BCUT2D eigenvalue weighted by molar-refractivity contribution is 9.10. The van der Waals surface area contributed by atoms with Crippen molar-refractivity contribution in [2.45, 2.75) is 11.9 Å². The summed E-state index contributed by atoms with van der Waals surface area (Å²) in [6.07, 6.45) is 0. The quantitative estimate of drug-likeness (QED) is 0.589. The van der Waals surface area contributed by atoms with Crippen molar-refractivity contribution in [2.75, 3.05) is 0 Å². The topological polar surface area (TPSA) is 9.23 Å². The van der Waals surface area contributed by atoms with Crippen molar-refractivity contribution in [3.63, 3.8) is 0 Å². The van der Waals surface area contributed by atoms with Gasteiger partial charge in [0.1, 0.15) is 18.2 Å². The number of hydrogen-bond donors (Lipinski definition) is 0. The molecule has 0 saturated carbocycles. The van der Waals surface area contributed by atoms with Crippen LogP contribution in [0.5, 0.6) is 5.75 Å². The first kappa shape index (κ1) is 14.8. The monoisotopic (exact) mass is 406 g/mol. The van der Waals surface area contributed by atoms with Crippen LogP contribution in [0.15, 0.2) is 40.9 Å². The maximum atomic E-state index is 13.3. The Morgan fingerprint density at radius 3 is 2.68 bits per heavy atom. The molecule has 0 bridgehead atoms. The van der Waals surface area contributed by atoms with Crippen molar-refractivity contribution in [1.29, 1.82) is 0 Å². The molecule has 0 saturated heterocycles. The molecule has 0 heterocycles. The average Bonchev–Trinajstić information content (AvgIpc) is 2.42. The Bertz CT molecular complexity index is 590. The fourth-order valence-electron chi connectivity index (χ4n) is 1.56. The third-order valence-electron chi connectivity index (χ3n) is 2.59. The minimum Gasteiger partial charge on any atom is -0.489 e. The zero-order valence-electron chi connectivity index (χ0n) is 9.80. The van der Waals surface area contributed by atoms with E-state index in [1.165, 1.54) is 6.07 Å². The van der Waals surface area contributed by atoms with Crippen LogP contribution in [-0.4, -0.2) is 0 Å². The fourth-order valence-corrected chi connectivity index (χ4v) is 2.97. The third kappa shape index (κ3) is 3.71. The molecule has 0 aromatic heterocycles. The first-order valence-electron chi connectivity index (χ1n) is 5.52. The van der Waals surface area contributed by atoms with Crippen LogP contribution in [0.1, 0.15) is 11.1 Å². The maximum absolute atomic E-state index is 13.3. The van der Waals surface area contributed by atoms with E-state index in [0.29, 0.717) is 5.56 Å². The Kier molecular flexibility index (Phi) is 5.25. The molecule has 5 heteroatoms. The van der Waals surface area contributed by atoms with E-state index in [9.17, 15) is 4.39 Å². The largest absolute Gasteiger partial charge is 0.489 e. The van der Waals surface area contributed by atoms with Gasteiger partial charge in [-0.15, -0.1) is 0 Å². The Morgan fingerprint density at radius 2 is 1.95 bits per heavy atom. The number of halogens is 4. The standard InChI is InChI=1S/C14H10Br2ClFO/c15-7-10-6-11(4-5-12(10)16)19-8-9-2-1-3-13(18)14(9)17/h1-6H,7-8H2. The van der Waals surface area contributed by atoms with E-state index >= 15 is 0 Å². The number of rotatable bonds is 4. The lowest BCUT2D eigenvalue weighted by Crippen LogP contribution is -1.98. The van der Waals surface area contributed by atoms with Crippen molar-refractivity contribution in [3.05, 3.63) is 62.8 Å². The molecule has 0 unspecified atom stereocenters. The van der Waals surface area contributed by atoms with Gasteiger partial charge in [0, 0.05) is 15.4 Å². The lowest BCUT2D eigenvalue weighted by molar-refractivity contribution is 0.305. The van der Waals surface area contributed by atoms with Crippen LogP contribution < -0.4 is 4.74 Å². The molecule has 0 spiro atoms. The summed E-state index contributed by atoms with van der Waals surface area (Å²) in [5, 5.41) is 0.839. The average molecular weight is 408 g/mol. The zero-order valence-corrected chi connectivity index (χ0v) is 13.7. The smallest absolute Gasteiger partial charge is 0.142 e. The van der Waals surface area contributed by atoms with Crippen LogP contribution in [0.2, 0.25) is 5.02 Å². The van der Waals surface area contributed by atoms with E-state index in [0.717, 1.165) is 21.1 Å². The van der Waals surface area contributed by atoms with Crippen LogP contribution >= 0.6 is 43.5 Å². The lowest BCUT2D eigenvalue weighted by atomic mass is 10.2. The summed E-state index contributed by atoms with van der Waals surface area (Å²) in [6, 6.07) is 10.4. The summed E-state index contributed by atoms with van der Waals surface area (Å²) >= 11 is 12.7. The Balaban J connectivity index is 2.12. The molecular formula is C14H10Br2ClFO. The highest BCUT2D eigenvalue weighted by Gasteiger charge is 2.07. The first-order valence-corrected chi connectivity index (χ1v) is 7.81. The van der Waals surface area contributed by atoms with Gasteiger partial charge in [-0.2, -0.15) is 0 Å². The van der Waals surface area contributed by atoms with Crippen LogP contribution in [0.3, 0.4) is 0 Å². The summed E-state index contributed by atoms with van der Waals surface area (Å²) in [4.78, 5) is 0. The summed E-state index contributed by atoms with van der Waals surface area (Å²) in [6.45, 7) is 0.236. The van der Waals surface area contributed by atoms with Crippen LogP contribution in [0.25, 0.3) is 0 Å². The molecule has 2 aromatic carbocycles. The minimum atomic E-state index is -0.431. The van der Waals surface area contributed by atoms with Gasteiger partial charge in [0.2, 0.25) is 0 Å². The second kappa shape index (κ2) is 6.73. The molecule has 2 aromatic rings. The van der Waals surface area contributed by atoms with Crippen LogP contribution in [-0.2, 0) is 11.9 Å². The van der Waals surface area contributed by atoms with Gasteiger partial charge in [0.05, 0.1) is 5.02 Å². The Hall–Kier alpha value is -0.580. The number of hydrogen-bond acceptors (Lipinski definition) is 1. The predicted molar refractivity (Wildman–Crippen MR) is 82.5 cm³/mol. The number of alkyl halides is 1. The molecular weight excluding hydrogens is 398 g/mol. The number of benzene rings is 2. The molecule has 0 amide bonds. The van der Waals surface area contributed by atoms with Crippen molar-refractivity contribution >= 4 is 43.5 Å². The maximum Gasteiger partial charge on any atom is 0.142 e. The predicted octanol–water partition coefficient (Wildman–Crippen LogP) is 5.72. The molecule has 0 fully saturated rings. The van der Waals surface area contributed by atoms with E-state index in [2.05, 4.69) is 31.9 Å². The summed E-state index contributed by atoms with van der Waals surface area (Å²) in [7, 11) is 0. The van der Waals surface area contributed by atoms with Gasteiger partial charge in [0.15, 0.2) is 0 Å². The van der Waals surface area contributed by atoms with E-state index < -0.39 is 5.82 Å². The van der Waals surface area contributed by atoms with E-state index in [-0.39, 0.29) is 11.6 Å². The van der Waals surface area contributed by atoms with Crippen molar-refractivity contribution in [2.24, 2.45) is 0 Å². The van der Waals surface area contributed by atoms with Gasteiger partial charge in [-0.25, -0.2) is 4.39 Å². The second-order valence-corrected chi connectivity index (χ2v) is 5.68. The van der Waals surface area contributed by atoms with Gasteiger partial charge in [0.25, 0.3) is 0 Å². The van der Waals surface area contributed by atoms with Crippen molar-refractivity contribution < 1.29 is 9.13 Å². The molecule has 0 aliphatic carbocycles. The highest BCUT2D eigenvalue weighted by atomic mass is 79.9. The van der Waals surface area contributed by atoms with Gasteiger partial charge in [-0.3, -0.25) is 0 Å². The molecule has 2 rings (SSSR count). The van der Waals surface area contributed by atoms with Crippen LogP contribution in [0, 0.1) is 5.82 Å². The molecule has 0 radical (unpaired) electrons. The number of ether oxygens (including phenoxy) is 1. The van der Waals surface area contributed by atoms with E-state index in [1.807, 2.05) is 18.2 Å². The molecule has 0 N–H and O–H groups in total. The summed E-state index contributed by atoms with van der Waals surface area (Å²) < 4.78 is 19.9. The molecule has 0 aliphatic rings.